The number of nitrogens with zero attached hydrogens (tertiary/aromatic N) is 1. The molecular weight excluding hydrogens is 617 g/mol. The number of carbonyl (C=O) groups excluding carboxylic acids is 2. The van der Waals surface area contributed by atoms with Gasteiger partial charge < -0.3 is 14.5 Å². The molecule has 0 atom stereocenters. The van der Waals surface area contributed by atoms with Crippen LogP contribution >= 0.6 is 39.1 Å². The third kappa shape index (κ3) is 5.89. The van der Waals surface area contributed by atoms with Crippen molar-refractivity contribution in [2.24, 2.45) is 5.10 Å². The van der Waals surface area contributed by atoms with E-state index >= 15 is 0 Å². The molecule has 0 saturated carbocycles. The zero-order chi connectivity index (χ0) is 28.2. The van der Waals surface area contributed by atoms with Gasteiger partial charge in [0.05, 0.1) is 23.9 Å². The second-order valence-corrected chi connectivity index (χ2v) is 10.3. The number of fused-ring (bicyclic) bond motifs is 1. The van der Waals surface area contributed by atoms with Gasteiger partial charge in [0.15, 0.2) is 0 Å². The lowest BCUT2D eigenvalue weighted by Gasteiger charge is -2.09. The molecule has 1 aromatic heterocycles. The molecule has 200 valence electrons. The van der Waals surface area contributed by atoms with Crippen molar-refractivity contribution in [1.29, 1.82) is 0 Å². The number of aromatic amines is 1. The van der Waals surface area contributed by atoms with Gasteiger partial charge in [-0.3, -0.25) is 4.79 Å². The number of methoxy groups -OCH3 is 1. The molecule has 0 fully saturated rings. The van der Waals surface area contributed by atoms with Crippen molar-refractivity contribution >= 4 is 68.1 Å². The fraction of sp³-hybridized carbons (Fsp3) is 0.0333. The van der Waals surface area contributed by atoms with E-state index in [9.17, 15) is 9.59 Å². The Labute approximate surface area is 247 Å². The number of nitrogens with one attached hydrogen (secondary N) is 2. The van der Waals surface area contributed by atoms with E-state index in [0.717, 1.165) is 10.0 Å². The number of benzene rings is 4. The van der Waals surface area contributed by atoms with Crippen LogP contribution in [-0.4, -0.2) is 30.2 Å². The van der Waals surface area contributed by atoms with Crippen LogP contribution in [0.1, 0.15) is 26.4 Å². The van der Waals surface area contributed by atoms with E-state index in [0.29, 0.717) is 43.4 Å². The first-order valence-electron chi connectivity index (χ1n) is 11.9. The van der Waals surface area contributed by atoms with Gasteiger partial charge in [-0.05, 0) is 54.1 Å². The first-order valence-corrected chi connectivity index (χ1v) is 13.4. The van der Waals surface area contributed by atoms with Crippen LogP contribution in [0.15, 0.2) is 94.5 Å². The number of hydrogen-bond acceptors (Lipinski definition) is 5. The Kier molecular flexibility index (Phi) is 8.21. The molecule has 0 saturated heterocycles. The SMILES string of the molecule is COc1cccc(C(=O)Oc2ccc(Br)cc2C=NNC(=O)c2[nH]c3cc(Cl)cc(Cl)c3c2-c2ccccc2)c1. The lowest BCUT2D eigenvalue weighted by molar-refractivity contribution is 0.0733. The number of rotatable bonds is 7. The maximum Gasteiger partial charge on any atom is 0.343 e. The summed E-state index contributed by atoms with van der Waals surface area (Å²) in [4.78, 5) is 29.2. The third-order valence-electron chi connectivity index (χ3n) is 5.95. The quantitative estimate of drug-likeness (QED) is 0.0822. The largest absolute Gasteiger partial charge is 0.497 e. The van der Waals surface area contributed by atoms with E-state index in [-0.39, 0.29) is 11.4 Å². The molecule has 0 aliphatic rings. The minimum atomic E-state index is -0.568. The molecule has 1 amide bonds. The van der Waals surface area contributed by atoms with Gasteiger partial charge in [0.25, 0.3) is 5.91 Å². The van der Waals surface area contributed by atoms with Crippen molar-refractivity contribution in [2.75, 3.05) is 7.11 Å². The highest BCUT2D eigenvalue weighted by molar-refractivity contribution is 9.10. The minimum absolute atomic E-state index is 0.256. The first kappa shape index (κ1) is 27.5. The Hall–Kier alpha value is -4.11. The number of esters is 1. The Morgan fingerprint density at radius 1 is 0.975 bits per heavy atom. The third-order valence-corrected chi connectivity index (χ3v) is 6.96. The van der Waals surface area contributed by atoms with Crippen LogP contribution < -0.4 is 14.9 Å². The van der Waals surface area contributed by atoms with Gasteiger partial charge in [0.1, 0.15) is 17.2 Å². The number of aromatic nitrogens is 1. The number of halogens is 3. The van der Waals surface area contributed by atoms with E-state index in [1.807, 2.05) is 30.3 Å². The summed E-state index contributed by atoms with van der Waals surface area (Å²) < 4.78 is 11.5. The first-order chi connectivity index (χ1) is 19.3. The molecule has 4 aromatic carbocycles. The van der Waals surface area contributed by atoms with Gasteiger partial charge >= 0.3 is 5.97 Å². The molecule has 0 radical (unpaired) electrons. The average molecular weight is 637 g/mol. The second-order valence-electron chi connectivity index (χ2n) is 8.55. The van der Waals surface area contributed by atoms with E-state index in [1.165, 1.54) is 13.3 Å². The van der Waals surface area contributed by atoms with E-state index in [4.69, 9.17) is 32.7 Å². The molecule has 0 aliphatic heterocycles. The summed E-state index contributed by atoms with van der Waals surface area (Å²) in [6.45, 7) is 0. The van der Waals surface area contributed by atoms with Crippen LogP contribution in [0.5, 0.6) is 11.5 Å². The van der Waals surface area contributed by atoms with Crippen LogP contribution in [0, 0.1) is 0 Å². The summed E-state index contributed by atoms with van der Waals surface area (Å²) in [6, 6.07) is 24.5. The zero-order valence-electron chi connectivity index (χ0n) is 20.9. The molecule has 0 bridgehead atoms. The Bertz CT molecular complexity index is 1770. The van der Waals surface area contributed by atoms with Crippen molar-refractivity contribution in [3.63, 3.8) is 0 Å². The molecule has 0 aliphatic carbocycles. The van der Waals surface area contributed by atoms with Crippen molar-refractivity contribution < 1.29 is 19.1 Å². The van der Waals surface area contributed by atoms with Crippen LogP contribution in [0.4, 0.5) is 0 Å². The number of H-pyrrole nitrogens is 1. The van der Waals surface area contributed by atoms with E-state index in [1.54, 1.807) is 54.6 Å². The van der Waals surface area contributed by atoms with Crippen molar-refractivity contribution in [1.82, 2.24) is 10.4 Å². The maximum atomic E-state index is 13.3. The van der Waals surface area contributed by atoms with Crippen molar-refractivity contribution in [3.8, 4) is 22.6 Å². The number of carbonyl (C=O) groups is 2. The lowest BCUT2D eigenvalue weighted by atomic mass is 10.0. The Balaban J connectivity index is 1.42. The van der Waals surface area contributed by atoms with Crippen LogP contribution in [0.2, 0.25) is 10.0 Å². The average Bonchev–Trinajstić information content (AvgIpc) is 3.34. The van der Waals surface area contributed by atoms with Gasteiger partial charge in [-0.15, -0.1) is 0 Å². The molecule has 7 nitrogen and oxygen atoms in total. The van der Waals surface area contributed by atoms with Crippen LogP contribution in [-0.2, 0) is 0 Å². The van der Waals surface area contributed by atoms with Gasteiger partial charge in [-0.1, -0.05) is 75.5 Å². The van der Waals surface area contributed by atoms with E-state index < -0.39 is 11.9 Å². The summed E-state index contributed by atoms with van der Waals surface area (Å²) in [6.07, 6.45) is 1.39. The number of ether oxygens (including phenoxy) is 2. The molecule has 1 heterocycles. The molecule has 10 heteroatoms. The fourth-order valence-electron chi connectivity index (χ4n) is 4.15. The molecular formula is C30H20BrCl2N3O4. The highest BCUT2D eigenvalue weighted by Crippen LogP contribution is 2.38. The van der Waals surface area contributed by atoms with Gasteiger partial charge in [-0.2, -0.15) is 5.10 Å². The predicted octanol–water partition coefficient (Wildman–Crippen LogP) is 7.90. The molecule has 5 rings (SSSR count). The summed E-state index contributed by atoms with van der Waals surface area (Å²) in [7, 11) is 1.52. The molecule has 40 heavy (non-hydrogen) atoms. The highest BCUT2D eigenvalue weighted by atomic mass is 79.9. The Morgan fingerprint density at radius 3 is 2.55 bits per heavy atom. The van der Waals surface area contributed by atoms with Gasteiger partial charge in [-0.25, -0.2) is 10.2 Å². The van der Waals surface area contributed by atoms with Gasteiger partial charge in [0.2, 0.25) is 0 Å². The molecule has 0 spiro atoms. The number of hydrogen-bond donors (Lipinski definition) is 2. The number of hydrazone groups is 1. The van der Waals surface area contributed by atoms with E-state index in [2.05, 4.69) is 31.4 Å². The summed E-state index contributed by atoms with van der Waals surface area (Å²) in [5.41, 5.74) is 5.64. The summed E-state index contributed by atoms with van der Waals surface area (Å²) in [5, 5.41) is 5.66. The molecule has 5 aromatic rings. The zero-order valence-corrected chi connectivity index (χ0v) is 24.0. The van der Waals surface area contributed by atoms with Crippen molar-refractivity contribution in [2.45, 2.75) is 0 Å². The standard InChI is InChI=1S/C30H20BrCl2N3O4/c1-39-22-9-5-8-18(13-22)30(38)40-25-11-10-20(31)12-19(25)16-34-36-29(37)28-26(17-6-3-2-4-7-17)27-23(33)14-21(32)15-24(27)35-28/h2-16,35H,1H3,(H,36,37). The summed E-state index contributed by atoms with van der Waals surface area (Å²) >= 11 is 16.2. The molecule has 0 unspecified atom stereocenters. The van der Waals surface area contributed by atoms with Gasteiger partial charge in [0, 0.05) is 31.5 Å². The lowest BCUT2D eigenvalue weighted by Crippen LogP contribution is -2.19. The summed E-state index contributed by atoms with van der Waals surface area (Å²) in [5.74, 6) is -0.277. The van der Waals surface area contributed by atoms with Crippen LogP contribution in [0.3, 0.4) is 0 Å². The normalized spacial score (nSPS) is 11.1. The number of amides is 1. The minimum Gasteiger partial charge on any atom is -0.497 e. The second kappa shape index (κ2) is 12.0. The van der Waals surface area contributed by atoms with Crippen LogP contribution in [0.25, 0.3) is 22.0 Å². The fourth-order valence-corrected chi connectivity index (χ4v) is 5.12. The maximum absolute atomic E-state index is 13.3. The smallest absolute Gasteiger partial charge is 0.343 e. The van der Waals surface area contributed by atoms with Crippen molar-refractivity contribution in [3.05, 3.63) is 116 Å². The molecule has 2 N–H and O–H groups in total. The Morgan fingerprint density at radius 2 is 1.77 bits per heavy atom. The monoisotopic (exact) mass is 635 g/mol. The predicted molar refractivity (Wildman–Crippen MR) is 161 cm³/mol. The topological polar surface area (TPSA) is 92.8 Å². The highest BCUT2D eigenvalue weighted by Gasteiger charge is 2.21.